The first-order valence-electron chi connectivity index (χ1n) is 5.68. The van der Waals surface area contributed by atoms with Gasteiger partial charge in [-0.15, -0.1) is 0 Å². The zero-order chi connectivity index (χ0) is 9.52. The fourth-order valence-corrected chi connectivity index (χ4v) is 1.63. The normalized spacial score (nSPS) is 18.9. The molecule has 1 aliphatic rings. The zero-order valence-corrected chi connectivity index (χ0v) is 9.01. The summed E-state index contributed by atoms with van der Waals surface area (Å²) in [6.07, 6.45) is 5.55. The topological polar surface area (TPSA) is 21.3 Å². The van der Waals surface area contributed by atoms with Crippen LogP contribution in [0.5, 0.6) is 0 Å². The fourth-order valence-electron chi connectivity index (χ4n) is 1.63. The summed E-state index contributed by atoms with van der Waals surface area (Å²) in [4.78, 5) is 0. The fraction of sp³-hybridized carbons (Fsp3) is 1.00. The number of ether oxygens (including phenoxy) is 1. The van der Waals surface area contributed by atoms with E-state index in [0.29, 0.717) is 0 Å². The van der Waals surface area contributed by atoms with Gasteiger partial charge in [-0.05, 0) is 25.7 Å². The van der Waals surface area contributed by atoms with Gasteiger partial charge >= 0.3 is 0 Å². The Morgan fingerprint density at radius 1 is 1.38 bits per heavy atom. The summed E-state index contributed by atoms with van der Waals surface area (Å²) in [5.74, 6) is 1.03. The van der Waals surface area contributed by atoms with E-state index in [1.807, 2.05) is 6.92 Å². The van der Waals surface area contributed by atoms with Crippen LogP contribution in [0.15, 0.2) is 0 Å². The number of hydrogen-bond donors (Lipinski definition) is 1. The molecule has 0 saturated heterocycles. The largest absolute Gasteiger partial charge is 0.380 e. The molecule has 0 bridgehead atoms. The van der Waals surface area contributed by atoms with E-state index in [-0.39, 0.29) is 0 Å². The second-order valence-corrected chi connectivity index (χ2v) is 3.94. The van der Waals surface area contributed by atoms with Gasteiger partial charge in [0.05, 0.1) is 6.61 Å². The maximum atomic E-state index is 5.29. The highest BCUT2D eigenvalue weighted by atomic mass is 16.5. The Morgan fingerprint density at radius 3 is 2.69 bits per heavy atom. The van der Waals surface area contributed by atoms with Crippen LogP contribution in [0.4, 0.5) is 0 Å². The second kappa shape index (κ2) is 6.39. The molecule has 1 rings (SSSR count). The summed E-state index contributed by atoms with van der Waals surface area (Å²) < 4.78 is 5.29. The lowest BCUT2D eigenvalue weighted by atomic mass is 10.1. The van der Waals surface area contributed by atoms with Crippen LogP contribution in [0.25, 0.3) is 0 Å². The molecule has 0 aromatic carbocycles. The molecule has 2 heteroatoms. The monoisotopic (exact) mass is 185 g/mol. The van der Waals surface area contributed by atoms with Crippen LogP contribution in [0.1, 0.15) is 39.5 Å². The van der Waals surface area contributed by atoms with Crippen molar-refractivity contribution in [2.75, 3.05) is 19.8 Å². The van der Waals surface area contributed by atoms with Crippen molar-refractivity contribution in [2.24, 2.45) is 5.92 Å². The average molecular weight is 185 g/mol. The summed E-state index contributed by atoms with van der Waals surface area (Å²) in [6.45, 7) is 7.01. The molecule has 0 radical (unpaired) electrons. The summed E-state index contributed by atoms with van der Waals surface area (Å²) in [6, 6.07) is 0.730. The van der Waals surface area contributed by atoms with E-state index in [4.69, 9.17) is 4.74 Å². The molecule has 0 spiro atoms. The van der Waals surface area contributed by atoms with Gasteiger partial charge in [0.15, 0.2) is 0 Å². The van der Waals surface area contributed by atoms with Gasteiger partial charge in [-0.3, -0.25) is 0 Å². The molecule has 1 N–H and O–H groups in total. The minimum absolute atomic E-state index is 0.730. The highest BCUT2D eigenvalue weighted by molar-refractivity contribution is 4.79. The molecule has 0 aliphatic heterocycles. The van der Waals surface area contributed by atoms with Crippen molar-refractivity contribution in [3.05, 3.63) is 0 Å². The van der Waals surface area contributed by atoms with Crippen molar-refractivity contribution in [1.29, 1.82) is 0 Å². The molecule has 1 saturated carbocycles. The molecule has 1 aliphatic carbocycles. The van der Waals surface area contributed by atoms with E-state index in [0.717, 1.165) is 31.7 Å². The number of rotatable bonds is 8. The van der Waals surface area contributed by atoms with Crippen molar-refractivity contribution < 1.29 is 4.74 Å². The van der Waals surface area contributed by atoms with Crippen LogP contribution in [0, 0.1) is 5.92 Å². The summed E-state index contributed by atoms with van der Waals surface area (Å²) in [5.41, 5.74) is 0. The first-order valence-corrected chi connectivity index (χ1v) is 5.68. The Bertz CT molecular complexity index is 123. The molecule has 13 heavy (non-hydrogen) atoms. The highest BCUT2D eigenvalue weighted by Gasteiger charge is 2.24. The number of nitrogens with one attached hydrogen (secondary N) is 1. The van der Waals surface area contributed by atoms with Crippen LogP contribution >= 0.6 is 0 Å². The quantitative estimate of drug-likeness (QED) is 0.585. The smallest absolute Gasteiger partial charge is 0.0590 e. The molecule has 1 fully saturated rings. The first-order chi connectivity index (χ1) is 6.36. The molecule has 0 heterocycles. The Hall–Kier alpha value is -0.0800. The van der Waals surface area contributed by atoms with Crippen molar-refractivity contribution in [3.63, 3.8) is 0 Å². The maximum absolute atomic E-state index is 5.29. The Morgan fingerprint density at radius 2 is 2.15 bits per heavy atom. The predicted molar refractivity (Wildman–Crippen MR) is 55.9 cm³/mol. The van der Waals surface area contributed by atoms with E-state index < -0.39 is 0 Å². The molecule has 0 aromatic rings. The lowest BCUT2D eigenvalue weighted by Crippen LogP contribution is -2.31. The van der Waals surface area contributed by atoms with E-state index >= 15 is 0 Å². The Balaban J connectivity index is 1.94. The second-order valence-electron chi connectivity index (χ2n) is 3.94. The molecule has 0 amide bonds. The van der Waals surface area contributed by atoms with E-state index in [2.05, 4.69) is 12.2 Å². The summed E-state index contributed by atoms with van der Waals surface area (Å²) in [7, 11) is 0. The minimum atomic E-state index is 0.730. The van der Waals surface area contributed by atoms with Crippen LogP contribution in [-0.2, 0) is 4.74 Å². The van der Waals surface area contributed by atoms with Gasteiger partial charge in [0.1, 0.15) is 0 Å². The molecule has 1 unspecified atom stereocenters. The van der Waals surface area contributed by atoms with Crippen molar-refractivity contribution >= 4 is 0 Å². The molecular weight excluding hydrogens is 162 g/mol. The minimum Gasteiger partial charge on any atom is -0.380 e. The summed E-state index contributed by atoms with van der Waals surface area (Å²) >= 11 is 0. The third-order valence-corrected chi connectivity index (χ3v) is 2.69. The van der Waals surface area contributed by atoms with Crippen LogP contribution in [-0.4, -0.2) is 25.8 Å². The lowest BCUT2D eigenvalue weighted by molar-refractivity contribution is 0.146. The SMILES string of the molecule is CCOCCNC(CC)CC1CC1. The Kier molecular flexibility index (Phi) is 5.40. The predicted octanol–water partition coefficient (Wildman–Crippen LogP) is 2.19. The van der Waals surface area contributed by atoms with Gasteiger partial charge in [-0.25, -0.2) is 0 Å². The van der Waals surface area contributed by atoms with Gasteiger partial charge in [0.25, 0.3) is 0 Å². The highest BCUT2D eigenvalue weighted by Crippen LogP contribution is 2.33. The molecule has 2 nitrogen and oxygen atoms in total. The van der Waals surface area contributed by atoms with Crippen LogP contribution < -0.4 is 5.32 Å². The lowest BCUT2D eigenvalue weighted by Gasteiger charge is -2.16. The van der Waals surface area contributed by atoms with Gasteiger partial charge < -0.3 is 10.1 Å². The standard InChI is InChI=1S/C11H23NO/c1-3-11(9-10-5-6-10)12-7-8-13-4-2/h10-12H,3-9H2,1-2H3. The van der Waals surface area contributed by atoms with Gasteiger partial charge in [0, 0.05) is 19.2 Å². The van der Waals surface area contributed by atoms with E-state index in [9.17, 15) is 0 Å². The van der Waals surface area contributed by atoms with Gasteiger partial charge in [-0.1, -0.05) is 19.8 Å². The average Bonchev–Trinajstić information content (AvgIpc) is 2.94. The van der Waals surface area contributed by atoms with Crippen molar-refractivity contribution in [3.8, 4) is 0 Å². The van der Waals surface area contributed by atoms with Crippen molar-refractivity contribution in [1.82, 2.24) is 5.32 Å². The molecule has 78 valence electrons. The Labute approximate surface area is 82.0 Å². The van der Waals surface area contributed by atoms with Gasteiger partial charge in [0.2, 0.25) is 0 Å². The molecular formula is C11H23NO. The third-order valence-electron chi connectivity index (χ3n) is 2.69. The zero-order valence-electron chi connectivity index (χ0n) is 9.01. The maximum Gasteiger partial charge on any atom is 0.0590 e. The van der Waals surface area contributed by atoms with Gasteiger partial charge in [-0.2, -0.15) is 0 Å². The number of hydrogen-bond acceptors (Lipinski definition) is 2. The summed E-state index contributed by atoms with van der Waals surface area (Å²) in [5, 5.41) is 3.55. The van der Waals surface area contributed by atoms with E-state index in [1.165, 1.54) is 25.7 Å². The third kappa shape index (κ3) is 5.27. The molecule has 1 atom stereocenters. The van der Waals surface area contributed by atoms with Crippen LogP contribution in [0.2, 0.25) is 0 Å². The van der Waals surface area contributed by atoms with Crippen LogP contribution in [0.3, 0.4) is 0 Å². The van der Waals surface area contributed by atoms with Crippen molar-refractivity contribution in [2.45, 2.75) is 45.6 Å². The first kappa shape index (κ1) is 11.0. The molecule has 0 aromatic heterocycles. The van der Waals surface area contributed by atoms with E-state index in [1.54, 1.807) is 0 Å².